The standard InChI is InChI=1S/C22H27N3O3S/c1-15(2)11-25-16(3)8-19(17(25)4)9-20(10-23)22(27)28-13-21(26)24(5)12-18-6-7-29-14-18/h6-9,14-15H,11-13H2,1-5H3/b20-9+. The smallest absolute Gasteiger partial charge is 0.349 e. The lowest BCUT2D eigenvalue weighted by molar-refractivity contribution is -0.148. The van der Waals surface area contributed by atoms with Crippen LogP contribution in [0.1, 0.15) is 36.4 Å². The molecule has 0 N–H and O–H groups in total. The van der Waals surface area contributed by atoms with E-state index in [1.165, 1.54) is 11.0 Å². The summed E-state index contributed by atoms with van der Waals surface area (Å²) in [5, 5.41) is 13.3. The number of ether oxygens (including phenoxy) is 1. The quantitative estimate of drug-likeness (QED) is 0.373. The Morgan fingerprint density at radius 2 is 2.10 bits per heavy atom. The minimum Gasteiger partial charge on any atom is -0.451 e. The Kier molecular flexibility index (Phi) is 7.80. The van der Waals surface area contributed by atoms with Crippen LogP contribution in [-0.4, -0.2) is 35.0 Å². The van der Waals surface area contributed by atoms with Gasteiger partial charge in [0.05, 0.1) is 0 Å². The zero-order valence-electron chi connectivity index (χ0n) is 17.6. The maximum Gasteiger partial charge on any atom is 0.349 e. The Balaban J connectivity index is 2.03. The van der Waals surface area contributed by atoms with Crippen LogP contribution in [0.2, 0.25) is 0 Å². The zero-order chi connectivity index (χ0) is 21.6. The summed E-state index contributed by atoms with van der Waals surface area (Å²) in [6.07, 6.45) is 1.53. The number of nitriles is 1. The van der Waals surface area contributed by atoms with Gasteiger partial charge in [0.15, 0.2) is 6.61 Å². The number of rotatable bonds is 8. The highest BCUT2D eigenvalue weighted by Gasteiger charge is 2.17. The normalized spacial score (nSPS) is 11.4. The molecule has 0 spiro atoms. The summed E-state index contributed by atoms with van der Waals surface area (Å²) < 4.78 is 7.25. The molecule has 2 rings (SSSR count). The fraction of sp³-hybridized carbons (Fsp3) is 0.409. The second kappa shape index (κ2) is 10.1. The summed E-state index contributed by atoms with van der Waals surface area (Å²) in [4.78, 5) is 26.0. The highest BCUT2D eigenvalue weighted by molar-refractivity contribution is 7.07. The number of esters is 1. The number of hydrogen-bond donors (Lipinski definition) is 0. The molecule has 0 fully saturated rings. The predicted octanol–water partition coefficient (Wildman–Crippen LogP) is 3.93. The Labute approximate surface area is 176 Å². The van der Waals surface area contributed by atoms with Gasteiger partial charge in [-0.2, -0.15) is 16.6 Å². The summed E-state index contributed by atoms with van der Waals surface area (Å²) in [5.74, 6) is -0.635. The second-order valence-corrected chi connectivity index (χ2v) is 8.24. The molecule has 2 aromatic heterocycles. The van der Waals surface area contributed by atoms with Crippen LogP contribution in [0.3, 0.4) is 0 Å². The first-order chi connectivity index (χ1) is 13.7. The van der Waals surface area contributed by atoms with Gasteiger partial charge in [0.1, 0.15) is 11.6 Å². The van der Waals surface area contributed by atoms with Crippen molar-refractivity contribution < 1.29 is 14.3 Å². The molecular formula is C22H27N3O3S. The Morgan fingerprint density at radius 3 is 2.69 bits per heavy atom. The zero-order valence-corrected chi connectivity index (χ0v) is 18.4. The fourth-order valence-corrected chi connectivity index (χ4v) is 3.63. The van der Waals surface area contributed by atoms with Crippen LogP contribution in [0.4, 0.5) is 0 Å². The van der Waals surface area contributed by atoms with E-state index in [0.29, 0.717) is 12.5 Å². The number of amides is 1. The summed E-state index contributed by atoms with van der Waals surface area (Å²) >= 11 is 1.56. The van der Waals surface area contributed by atoms with Gasteiger partial charge in [0.25, 0.3) is 5.91 Å². The maximum atomic E-state index is 12.3. The van der Waals surface area contributed by atoms with Gasteiger partial charge in [-0.25, -0.2) is 4.79 Å². The predicted molar refractivity (Wildman–Crippen MR) is 114 cm³/mol. The van der Waals surface area contributed by atoms with Crippen molar-refractivity contribution in [3.63, 3.8) is 0 Å². The van der Waals surface area contributed by atoms with Crippen molar-refractivity contribution in [3.05, 3.63) is 51.0 Å². The summed E-state index contributed by atoms with van der Waals surface area (Å²) in [6.45, 7) is 9.15. The van der Waals surface area contributed by atoms with Crippen molar-refractivity contribution in [3.8, 4) is 6.07 Å². The maximum absolute atomic E-state index is 12.3. The average molecular weight is 414 g/mol. The van der Waals surface area contributed by atoms with Crippen molar-refractivity contribution >= 4 is 29.3 Å². The Hall–Kier alpha value is -2.85. The molecule has 0 aliphatic heterocycles. The first-order valence-electron chi connectivity index (χ1n) is 9.43. The van der Waals surface area contributed by atoms with Crippen LogP contribution in [0.5, 0.6) is 0 Å². The first kappa shape index (κ1) is 22.4. The second-order valence-electron chi connectivity index (χ2n) is 7.46. The number of aryl methyl sites for hydroxylation is 1. The average Bonchev–Trinajstić information content (AvgIpc) is 3.27. The van der Waals surface area contributed by atoms with E-state index in [9.17, 15) is 14.9 Å². The lowest BCUT2D eigenvalue weighted by Crippen LogP contribution is -2.30. The summed E-state index contributed by atoms with van der Waals surface area (Å²) in [7, 11) is 1.65. The number of hydrogen-bond acceptors (Lipinski definition) is 5. The lowest BCUT2D eigenvalue weighted by atomic mass is 10.1. The molecule has 6 nitrogen and oxygen atoms in total. The third-order valence-electron chi connectivity index (χ3n) is 4.55. The van der Waals surface area contributed by atoms with Gasteiger partial charge >= 0.3 is 5.97 Å². The SMILES string of the molecule is Cc1cc(/C=C(\C#N)C(=O)OCC(=O)N(C)Cc2ccsc2)c(C)n1CC(C)C. The number of aromatic nitrogens is 1. The number of thiophene rings is 1. The van der Waals surface area contributed by atoms with E-state index in [0.717, 1.165) is 29.1 Å². The molecule has 0 aromatic carbocycles. The molecule has 0 saturated carbocycles. The van der Waals surface area contributed by atoms with Crippen LogP contribution in [0, 0.1) is 31.1 Å². The molecule has 0 aliphatic rings. The number of likely N-dealkylation sites (N-methyl/N-ethyl adjacent to an activating group) is 1. The van der Waals surface area contributed by atoms with Crippen LogP contribution in [-0.2, 0) is 27.4 Å². The molecule has 0 radical (unpaired) electrons. The molecule has 0 unspecified atom stereocenters. The molecule has 0 bridgehead atoms. The van der Waals surface area contributed by atoms with E-state index in [1.54, 1.807) is 18.4 Å². The number of nitrogens with zero attached hydrogens (tertiary/aromatic N) is 3. The molecule has 154 valence electrons. The van der Waals surface area contributed by atoms with Gasteiger partial charge in [-0.1, -0.05) is 13.8 Å². The minimum atomic E-state index is -0.793. The summed E-state index contributed by atoms with van der Waals surface area (Å²) in [6, 6.07) is 5.77. The van der Waals surface area contributed by atoms with Crippen LogP contribution in [0.15, 0.2) is 28.5 Å². The molecule has 0 atom stereocenters. The highest BCUT2D eigenvalue weighted by atomic mass is 32.1. The first-order valence-corrected chi connectivity index (χ1v) is 10.4. The highest BCUT2D eigenvalue weighted by Crippen LogP contribution is 2.20. The molecule has 0 saturated heterocycles. The van der Waals surface area contributed by atoms with Crippen LogP contribution < -0.4 is 0 Å². The largest absolute Gasteiger partial charge is 0.451 e. The molecule has 1 amide bonds. The van der Waals surface area contributed by atoms with Crippen molar-refractivity contribution in [1.29, 1.82) is 5.26 Å². The molecular weight excluding hydrogens is 386 g/mol. The monoisotopic (exact) mass is 413 g/mol. The van der Waals surface area contributed by atoms with Gasteiger partial charge in [0.2, 0.25) is 0 Å². The van der Waals surface area contributed by atoms with Gasteiger partial charge in [-0.15, -0.1) is 0 Å². The van der Waals surface area contributed by atoms with Gasteiger partial charge < -0.3 is 14.2 Å². The van der Waals surface area contributed by atoms with Gasteiger partial charge in [0, 0.05) is 31.5 Å². The van der Waals surface area contributed by atoms with Crippen molar-refractivity contribution in [2.75, 3.05) is 13.7 Å². The molecule has 2 heterocycles. The van der Waals surface area contributed by atoms with E-state index in [2.05, 4.69) is 18.4 Å². The number of carbonyl (C=O) groups excluding carboxylic acids is 2. The topological polar surface area (TPSA) is 75.3 Å². The van der Waals surface area contributed by atoms with Crippen molar-refractivity contribution in [1.82, 2.24) is 9.47 Å². The van der Waals surface area contributed by atoms with Crippen molar-refractivity contribution in [2.45, 2.75) is 40.8 Å². The Bertz CT molecular complexity index is 933. The minimum absolute atomic E-state index is 0.122. The van der Waals surface area contributed by atoms with Gasteiger partial charge in [-0.3, -0.25) is 4.79 Å². The molecule has 7 heteroatoms. The Morgan fingerprint density at radius 1 is 1.38 bits per heavy atom. The van der Waals surface area contributed by atoms with Crippen LogP contribution >= 0.6 is 11.3 Å². The van der Waals surface area contributed by atoms with E-state index < -0.39 is 12.6 Å². The number of carbonyl (C=O) groups is 2. The molecule has 2 aromatic rings. The van der Waals surface area contributed by atoms with E-state index >= 15 is 0 Å². The van der Waals surface area contributed by atoms with E-state index in [1.807, 2.05) is 42.8 Å². The van der Waals surface area contributed by atoms with E-state index in [-0.39, 0.29) is 11.5 Å². The summed E-state index contributed by atoms with van der Waals surface area (Å²) in [5.41, 5.74) is 3.76. The molecule has 29 heavy (non-hydrogen) atoms. The van der Waals surface area contributed by atoms with Crippen LogP contribution in [0.25, 0.3) is 6.08 Å². The fourth-order valence-electron chi connectivity index (χ4n) is 2.97. The van der Waals surface area contributed by atoms with E-state index in [4.69, 9.17) is 4.74 Å². The van der Waals surface area contributed by atoms with Gasteiger partial charge in [-0.05, 0) is 59.9 Å². The lowest BCUT2D eigenvalue weighted by Gasteiger charge is -2.16. The third kappa shape index (κ3) is 6.06. The van der Waals surface area contributed by atoms with Crippen molar-refractivity contribution in [2.24, 2.45) is 5.92 Å². The third-order valence-corrected chi connectivity index (χ3v) is 5.29. The molecule has 0 aliphatic carbocycles.